The summed E-state index contributed by atoms with van der Waals surface area (Å²) in [5, 5.41) is 0. The molecule has 1 unspecified atom stereocenters. The molecule has 0 aromatic heterocycles. The Balaban J connectivity index is 2.32. The number of Topliss-reactive ketones (excluding diaryl/α,β-unsaturated/α-hetero) is 1. The molecule has 0 radical (unpaired) electrons. The molecule has 100 valence electrons. The van der Waals surface area contributed by atoms with Crippen LogP contribution in [0.4, 0.5) is 0 Å². The Kier molecular flexibility index (Phi) is 3.54. The summed E-state index contributed by atoms with van der Waals surface area (Å²) in [5.41, 5.74) is -1.20. The number of ether oxygens (including phenoxy) is 3. The number of hydrogen-bond acceptors (Lipinski definition) is 5. The van der Waals surface area contributed by atoms with Crippen molar-refractivity contribution in [3.63, 3.8) is 0 Å². The second-order valence-corrected chi connectivity index (χ2v) is 4.77. The Morgan fingerprint density at radius 1 is 1.50 bits per heavy atom. The second kappa shape index (κ2) is 4.82. The maximum absolute atomic E-state index is 12.2. The molecule has 1 aliphatic heterocycles. The van der Waals surface area contributed by atoms with E-state index in [1.54, 1.807) is 6.08 Å². The standard InChI is InChI=1S/C13H18O5/c1-3-5-12(11(15)16-2)9-13(6-4-10(12)14)17-7-8-18-13/h3H,1,4-9H2,2H3. The van der Waals surface area contributed by atoms with Crippen LogP contribution in [0.3, 0.4) is 0 Å². The molecule has 2 fully saturated rings. The second-order valence-electron chi connectivity index (χ2n) is 4.77. The third-order valence-corrected chi connectivity index (χ3v) is 3.72. The molecular formula is C13H18O5. The quantitative estimate of drug-likeness (QED) is 0.430. The summed E-state index contributed by atoms with van der Waals surface area (Å²) < 4.78 is 16.0. The van der Waals surface area contributed by atoms with Gasteiger partial charge in [0.25, 0.3) is 0 Å². The normalized spacial score (nSPS) is 30.4. The van der Waals surface area contributed by atoms with Gasteiger partial charge in [-0.15, -0.1) is 6.58 Å². The fraction of sp³-hybridized carbons (Fsp3) is 0.692. The van der Waals surface area contributed by atoms with E-state index in [2.05, 4.69) is 6.58 Å². The van der Waals surface area contributed by atoms with E-state index in [4.69, 9.17) is 14.2 Å². The highest BCUT2D eigenvalue weighted by atomic mass is 16.7. The van der Waals surface area contributed by atoms with Crippen LogP contribution < -0.4 is 0 Å². The van der Waals surface area contributed by atoms with Gasteiger partial charge in [0.05, 0.1) is 20.3 Å². The van der Waals surface area contributed by atoms with E-state index in [9.17, 15) is 9.59 Å². The van der Waals surface area contributed by atoms with Crippen molar-refractivity contribution in [2.75, 3.05) is 20.3 Å². The van der Waals surface area contributed by atoms with Gasteiger partial charge in [-0.3, -0.25) is 9.59 Å². The average molecular weight is 254 g/mol. The van der Waals surface area contributed by atoms with Gasteiger partial charge < -0.3 is 14.2 Å². The van der Waals surface area contributed by atoms with Crippen molar-refractivity contribution in [3.05, 3.63) is 12.7 Å². The van der Waals surface area contributed by atoms with Crippen molar-refractivity contribution < 1.29 is 23.8 Å². The summed E-state index contributed by atoms with van der Waals surface area (Å²) in [7, 11) is 1.29. The fourth-order valence-electron chi connectivity index (χ4n) is 2.83. The number of carbonyl (C=O) groups excluding carboxylic acids is 2. The predicted octanol–water partition coefficient (Wildman–Crippen LogP) is 1.22. The van der Waals surface area contributed by atoms with Crippen LogP contribution in [-0.4, -0.2) is 37.9 Å². The van der Waals surface area contributed by atoms with Crippen LogP contribution in [0.25, 0.3) is 0 Å². The lowest BCUT2D eigenvalue weighted by atomic mass is 9.68. The van der Waals surface area contributed by atoms with Crippen molar-refractivity contribution in [1.29, 1.82) is 0 Å². The molecule has 5 heteroatoms. The van der Waals surface area contributed by atoms with Gasteiger partial charge >= 0.3 is 5.97 Å². The number of hydrogen-bond donors (Lipinski definition) is 0. The molecule has 1 atom stereocenters. The third-order valence-electron chi connectivity index (χ3n) is 3.72. The van der Waals surface area contributed by atoms with Crippen molar-refractivity contribution in [2.45, 2.75) is 31.5 Å². The molecule has 0 bridgehead atoms. The highest BCUT2D eigenvalue weighted by Gasteiger charge is 2.57. The first kappa shape index (κ1) is 13.2. The topological polar surface area (TPSA) is 61.8 Å². The Hall–Kier alpha value is -1.20. The number of ketones is 1. The molecule has 2 aliphatic rings. The first-order valence-corrected chi connectivity index (χ1v) is 6.09. The minimum atomic E-state index is -1.20. The van der Waals surface area contributed by atoms with E-state index in [1.165, 1.54) is 7.11 Å². The molecule has 5 nitrogen and oxygen atoms in total. The van der Waals surface area contributed by atoms with Crippen molar-refractivity contribution in [1.82, 2.24) is 0 Å². The predicted molar refractivity (Wildman–Crippen MR) is 62.8 cm³/mol. The smallest absolute Gasteiger partial charge is 0.319 e. The van der Waals surface area contributed by atoms with Gasteiger partial charge in [-0.25, -0.2) is 0 Å². The number of rotatable bonds is 3. The molecule has 1 heterocycles. The summed E-state index contributed by atoms with van der Waals surface area (Å²) in [6.45, 7) is 4.62. The summed E-state index contributed by atoms with van der Waals surface area (Å²) in [6, 6.07) is 0. The zero-order chi connectivity index (χ0) is 13.2. The SMILES string of the molecule is C=CCC1(C(=O)OC)CC2(CCC1=O)OCCO2. The van der Waals surface area contributed by atoms with Gasteiger partial charge in [0.1, 0.15) is 5.41 Å². The van der Waals surface area contributed by atoms with Gasteiger partial charge in [-0.05, 0) is 6.42 Å². The molecule has 1 spiro atoms. The Bertz CT molecular complexity index is 360. The van der Waals surface area contributed by atoms with Gasteiger partial charge in [0, 0.05) is 19.3 Å². The largest absolute Gasteiger partial charge is 0.468 e. The summed E-state index contributed by atoms with van der Waals surface area (Å²) in [5.74, 6) is -1.44. The lowest BCUT2D eigenvalue weighted by Crippen LogP contribution is -2.52. The number of allylic oxidation sites excluding steroid dienone is 1. The van der Waals surface area contributed by atoms with Crippen LogP contribution in [0.15, 0.2) is 12.7 Å². The summed E-state index contributed by atoms with van der Waals surface area (Å²) in [4.78, 5) is 24.2. The first-order chi connectivity index (χ1) is 8.58. The maximum Gasteiger partial charge on any atom is 0.319 e. The zero-order valence-corrected chi connectivity index (χ0v) is 10.6. The lowest BCUT2D eigenvalue weighted by Gasteiger charge is -2.41. The van der Waals surface area contributed by atoms with Crippen molar-refractivity contribution in [2.24, 2.45) is 5.41 Å². The Morgan fingerprint density at radius 3 is 2.72 bits per heavy atom. The number of methoxy groups -OCH3 is 1. The molecule has 0 aromatic carbocycles. The third kappa shape index (κ3) is 1.97. The van der Waals surface area contributed by atoms with Crippen LogP contribution in [0, 0.1) is 5.41 Å². The van der Waals surface area contributed by atoms with Crippen LogP contribution in [0.2, 0.25) is 0 Å². The molecule has 18 heavy (non-hydrogen) atoms. The number of carbonyl (C=O) groups is 2. The molecule has 0 amide bonds. The van der Waals surface area contributed by atoms with Crippen LogP contribution >= 0.6 is 0 Å². The van der Waals surface area contributed by atoms with E-state index in [0.717, 1.165) is 0 Å². The minimum absolute atomic E-state index is 0.112. The van der Waals surface area contributed by atoms with Crippen LogP contribution in [0.5, 0.6) is 0 Å². The molecule has 0 aromatic rings. The Morgan fingerprint density at radius 2 is 2.17 bits per heavy atom. The van der Waals surface area contributed by atoms with E-state index in [-0.39, 0.29) is 25.0 Å². The molecule has 1 saturated heterocycles. The highest BCUT2D eigenvalue weighted by Crippen LogP contribution is 2.46. The fourth-order valence-corrected chi connectivity index (χ4v) is 2.83. The molecular weight excluding hydrogens is 236 g/mol. The van der Waals surface area contributed by atoms with Gasteiger partial charge in [0.15, 0.2) is 11.6 Å². The van der Waals surface area contributed by atoms with E-state index in [0.29, 0.717) is 19.6 Å². The summed E-state index contributed by atoms with van der Waals surface area (Å²) >= 11 is 0. The zero-order valence-electron chi connectivity index (χ0n) is 10.6. The minimum Gasteiger partial charge on any atom is -0.468 e. The van der Waals surface area contributed by atoms with Crippen LogP contribution in [0.1, 0.15) is 25.7 Å². The van der Waals surface area contributed by atoms with Gasteiger partial charge in [-0.2, -0.15) is 0 Å². The van der Waals surface area contributed by atoms with E-state index in [1.807, 2.05) is 0 Å². The van der Waals surface area contributed by atoms with E-state index >= 15 is 0 Å². The maximum atomic E-state index is 12.2. The summed E-state index contributed by atoms with van der Waals surface area (Å²) in [6.07, 6.45) is 2.82. The van der Waals surface area contributed by atoms with Gasteiger partial charge in [0.2, 0.25) is 0 Å². The molecule has 2 rings (SSSR count). The molecule has 0 N–H and O–H groups in total. The van der Waals surface area contributed by atoms with Gasteiger partial charge in [-0.1, -0.05) is 6.08 Å². The average Bonchev–Trinajstić information content (AvgIpc) is 2.82. The van der Waals surface area contributed by atoms with Crippen molar-refractivity contribution >= 4 is 11.8 Å². The first-order valence-electron chi connectivity index (χ1n) is 6.09. The van der Waals surface area contributed by atoms with Crippen molar-refractivity contribution in [3.8, 4) is 0 Å². The molecule has 1 saturated carbocycles. The monoisotopic (exact) mass is 254 g/mol. The lowest BCUT2D eigenvalue weighted by molar-refractivity contribution is -0.208. The molecule has 1 aliphatic carbocycles. The van der Waals surface area contributed by atoms with Crippen LogP contribution in [-0.2, 0) is 23.8 Å². The Labute approximate surface area is 106 Å². The number of esters is 1. The highest BCUT2D eigenvalue weighted by molar-refractivity contribution is 6.04. The van der Waals surface area contributed by atoms with E-state index < -0.39 is 17.2 Å².